The average Bonchev–Trinajstić information content (AvgIpc) is 3.49. The van der Waals surface area contributed by atoms with E-state index in [9.17, 15) is 8.78 Å². The monoisotopic (exact) mass is 541 g/mol. The first kappa shape index (κ1) is 22.9. The summed E-state index contributed by atoms with van der Waals surface area (Å²) in [6.07, 6.45) is 0.790. The molecule has 4 aromatic heterocycles. The molecule has 2 aliphatic rings. The fraction of sp³-hybridized carbons (Fsp3) is 0.375. The van der Waals surface area contributed by atoms with Crippen molar-refractivity contribution in [2.24, 2.45) is 17.6 Å². The van der Waals surface area contributed by atoms with Crippen molar-refractivity contribution in [2.45, 2.75) is 25.3 Å². The number of aromatic amines is 1. The minimum absolute atomic E-state index is 0.0228. The van der Waals surface area contributed by atoms with Crippen LogP contribution in [-0.2, 0) is 12.0 Å². The van der Waals surface area contributed by atoms with E-state index in [0.29, 0.717) is 56.7 Å². The Morgan fingerprint density at radius 2 is 2.08 bits per heavy atom. The molecule has 1 aromatic carbocycles. The summed E-state index contributed by atoms with van der Waals surface area (Å²) < 4.78 is 26.8. The van der Waals surface area contributed by atoms with Gasteiger partial charge in [-0.05, 0) is 30.9 Å². The summed E-state index contributed by atoms with van der Waals surface area (Å²) in [6, 6.07) is 3.53. The molecular weight excluding hydrogens is 520 g/mol. The van der Waals surface area contributed by atoms with E-state index in [0.717, 1.165) is 29.6 Å². The van der Waals surface area contributed by atoms with Gasteiger partial charge in [0.15, 0.2) is 0 Å². The molecule has 5 aromatic rings. The van der Waals surface area contributed by atoms with E-state index in [2.05, 4.69) is 30.6 Å². The molecular formula is C24H22ClF2N9S. The molecule has 0 amide bonds. The van der Waals surface area contributed by atoms with Crippen LogP contribution in [0.15, 0.2) is 29.9 Å². The highest BCUT2D eigenvalue weighted by atomic mass is 35.5. The molecule has 0 radical (unpaired) electrons. The van der Waals surface area contributed by atoms with Crippen molar-refractivity contribution in [3.05, 3.63) is 45.6 Å². The molecule has 1 saturated heterocycles. The van der Waals surface area contributed by atoms with Gasteiger partial charge in [0.05, 0.1) is 22.4 Å². The third-order valence-corrected chi connectivity index (χ3v) is 9.29. The zero-order chi connectivity index (χ0) is 25.5. The number of hydrogen-bond donors (Lipinski definition) is 2. The number of halogens is 3. The predicted molar refractivity (Wildman–Crippen MR) is 138 cm³/mol. The quantitative estimate of drug-likeness (QED) is 0.334. The molecule has 13 heteroatoms. The normalized spacial score (nSPS) is 23.0. The van der Waals surface area contributed by atoms with Crippen molar-refractivity contribution in [3.8, 4) is 11.3 Å². The topological polar surface area (TPSA) is 114 Å². The van der Waals surface area contributed by atoms with Crippen molar-refractivity contribution in [1.29, 1.82) is 0 Å². The van der Waals surface area contributed by atoms with Gasteiger partial charge >= 0.3 is 0 Å². The summed E-state index contributed by atoms with van der Waals surface area (Å²) in [7, 11) is 0. The third kappa shape index (κ3) is 3.39. The van der Waals surface area contributed by atoms with Gasteiger partial charge in [-0.1, -0.05) is 11.6 Å². The number of benzene rings is 1. The SMILES string of the molecule is Cc1csc(C2(CN)[C@@H]3CN(c4cnc5c(-c6ccc7nn(CC(F)F)cc7c6Cl)[nH]nc5n4)C[C@@H]32)n1. The molecule has 1 aliphatic carbocycles. The van der Waals surface area contributed by atoms with E-state index < -0.39 is 13.0 Å². The second-order valence-electron chi connectivity index (χ2n) is 9.76. The molecule has 0 bridgehead atoms. The molecule has 0 spiro atoms. The lowest BCUT2D eigenvalue weighted by atomic mass is 10.0. The zero-order valence-corrected chi connectivity index (χ0v) is 21.3. The smallest absolute Gasteiger partial charge is 0.257 e. The maximum absolute atomic E-state index is 12.8. The second-order valence-corrected chi connectivity index (χ2v) is 11.0. The van der Waals surface area contributed by atoms with Gasteiger partial charge in [-0.2, -0.15) is 10.2 Å². The lowest BCUT2D eigenvalue weighted by Gasteiger charge is -2.25. The fourth-order valence-corrected chi connectivity index (χ4v) is 7.30. The Labute approximate surface area is 218 Å². The predicted octanol–water partition coefficient (Wildman–Crippen LogP) is 4.02. The number of rotatable bonds is 6. The number of aryl methyl sites for hydroxylation is 1. The van der Waals surface area contributed by atoms with Gasteiger partial charge in [-0.15, -0.1) is 11.3 Å². The number of nitrogens with zero attached hydrogens (tertiary/aromatic N) is 7. The Kier molecular flexibility index (Phi) is 5.05. The van der Waals surface area contributed by atoms with Gasteiger partial charge in [0.1, 0.15) is 22.9 Å². The van der Waals surface area contributed by atoms with Gasteiger partial charge in [0, 0.05) is 53.3 Å². The number of fused-ring (bicyclic) bond motifs is 3. The molecule has 5 heterocycles. The largest absolute Gasteiger partial charge is 0.355 e. The third-order valence-electron chi connectivity index (χ3n) is 7.73. The van der Waals surface area contributed by atoms with E-state index in [1.54, 1.807) is 29.7 Å². The Balaban J connectivity index is 1.16. The van der Waals surface area contributed by atoms with Crippen LogP contribution in [0.1, 0.15) is 10.7 Å². The van der Waals surface area contributed by atoms with E-state index in [1.807, 2.05) is 6.92 Å². The van der Waals surface area contributed by atoms with E-state index in [-0.39, 0.29) is 5.41 Å². The molecule has 9 nitrogen and oxygen atoms in total. The summed E-state index contributed by atoms with van der Waals surface area (Å²) in [6.45, 7) is 3.83. The first-order chi connectivity index (χ1) is 17.9. The number of nitrogens with one attached hydrogen (secondary N) is 1. The molecule has 1 saturated carbocycles. The van der Waals surface area contributed by atoms with Crippen LogP contribution >= 0.6 is 22.9 Å². The Bertz CT molecular complexity index is 1650. The number of anilines is 1. The van der Waals surface area contributed by atoms with Crippen LogP contribution < -0.4 is 10.6 Å². The lowest BCUT2D eigenvalue weighted by molar-refractivity contribution is 0.122. The zero-order valence-electron chi connectivity index (χ0n) is 19.7. The maximum Gasteiger partial charge on any atom is 0.257 e. The van der Waals surface area contributed by atoms with Crippen LogP contribution in [0.2, 0.25) is 5.02 Å². The first-order valence-corrected chi connectivity index (χ1v) is 13.2. The molecule has 7 rings (SSSR count). The molecule has 190 valence electrons. The minimum Gasteiger partial charge on any atom is -0.355 e. The summed E-state index contributed by atoms with van der Waals surface area (Å²) >= 11 is 8.38. The van der Waals surface area contributed by atoms with Crippen molar-refractivity contribution in [1.82, 2.24) is 34.9 Å². The summed E-state index contributed by atoms with van der Waals surface area (Å²) in [4.78, 5) is 16.4. The Morgan fingerprint density at radius 1 is 1.27 bits per heavy atom. The van der Waals surface area contributed by atoms with E-state index in [4.69, 9.17) is 27.3 Å². The lowest BCUT2D eigenvalue weighted by Crippen LogP contribution is -2.35. The van der Waals surface area contributed by atoms with Crippen LogP contribution in [0.4, 0.5) is 14.6 Å². The van der Waals surface area contributed by atoms with E-state index in [1.165, 1.54) is 10.9 Å². The highest BCUT2D eigenvalue weighted by Crippen LogP contribution is 2.63. The summed E-state index contributed by atoms with van der Waals surface area (Å²) in [5.41, 5.74) is 10.2. The highest BCUT2D eigenvalue weighted by Gasteiger charge is 2.69. The van der Waals surface area contributed by atoms with Crippen LogP contribution in [0.25, 0.3) is 33.3 Å². The van der Waals surface area contributed by atoms with Gasteiger partial charge in [0.25, 0.3) is 6.43 Å². The number of H-pyrrole nitrogens is 1. The average molecular weight is 542 g/mol. The Morgan fingerprint density at radius 3 is 2.78 bits per heavy atom. The van der Waals surface area contributed by atoms with Crippen LogP contribution in [0.3, 0.4) is 0 Å². The van der Waals surface area contributed by atoms with Crippen molar-refractivity contribution >= 4 is 50.8 Å². The number of alkyl halides is 2. The molecule has 3 N–H and O–H groups in total. The van der Waals surface area contributed by atoms with E-state index >= 15 is 0 Å². The first-order valence-electron chi connectivity index (χ1n) is 11.9. The molecule has 1 aliphatic heterocycles. The minimum atomic E-state index is -2.50. The van der Waals surface area contributed by atoms with Crippen molar-refractivity contribution in [2.75, 3.05) is 24.5 Å². The number of thiazole rings is 1. The molecule has 1 unspecified atom stereocenters. The van der Waals surface area contributed by atoms with Gasteiger partial charge < -0.3 is 10.6 Å². The van der Waals surface area contributed by atoms with Gasteiger partial charge in [0.2, 0.25) is 5.65 Å². The van der Waals surface area contributed by atoms with Crippen LogP contribution in [-0.4, -0.2) is 61.0 Å². The Hall–Kier alpha value is -3.22. The summed E-state index contributed by atoms with van der Waals surface area (Å²) in [5, 5.41) is 15.8. The molecule has 2 fully saturated rings. The van der Waals surface area contributed by atoms with Crippen LogP contribution in [0.5, 0.6) is 0 Å². The second kappa shape index (κ2) is 8.14. The standard InChI is InChI=1S/C24H22ClF2N9S/c1-11-9-37-23(30-11)24(10-28)14-6-35(7-15(14)24)18-4-29-21-20(32-33-22(21)31-18)12-2-3-16-13(19(12)25)5-36(34-16)8-17(26)27/h2-5,9,14-15,17H,6-8,10,28H2,1H3,(H,31,32,33)/t14-,15+,24?. The molecule has 3 atom stereocenters. The van der Waals surface area contributed by atoms with Gasteiger partial charge in [-0.25, -0.2) is 23.7 Å². The number of piperidine rings is 1. The number of aromatic nitrogens is 7. The van der Waals surface area contributed by atoms with Crippen LogP contribution in [0, 0.1) is 18.8 Å². The van der Waals surface area contributed by atoms with Crippen molar-refractivity contribution < 1.29 is 8.78 Å². The molecule has 37 heavy (non-hydrogen) atoms. The maximum atomic E-state index is 12.8. The number of nitrogens with two attached hydrogens (primary N) is 1. The highest BCUT2D eigenvalue weighted by molar-refractivity contribution is 7.09. The fourth-order valence-electron chi connectivity index (χ4n) is 5.86. The van der Waals surface area contributed by atoms with Crippen molar-refractivity contribution in [3.63, 3.8) is 0 Å². The van der Waals surface area contributed by atoms with Gasteiger partial charge in [-0.3, -0.25) is 9.78 Å². The number of hydrogen-bond acceptors (Lipinski definition) is 8. The summed E-state index contributed by atoms with van der Waals surface area (Å²) in [5.74, 6) is 1.67.